The average Bonchev–Trinajstić information content (AvgIpc) is 3.20. The van der Waals surface area contributed by atoms with E-state index in [1.165, 1.54) is 5.56 Å². The first kappa shape index (κ1) is 20.7. The van der Waals surface area contributed by atoms with Crippen molar-refractivity contribution >= 4 is 39.7 Å². The van der Waals surface area contributed by atoms with Crippen molar-refractivity contribution in [2.24, 2.45) is 0 Å². The van der Waals surface area contributed by atoms with Crippen molar-refractivity contribution in [3.05, 3.63) is 53.1 Å². The average molecular weight is 434 g/mol. The zero-order valence-corrected chi connectivity index (χ0v) is 18.2. The van der Waals surface area contributed by atoms with E-state index < -0.39 is 0 Å². The summed E-state index contributed by atoms with van der Waals surface area (Å²) in [5.41, 5.74) is 4.62. The number of nitriles is 1. The van der Waals surface area contributed by atoms with Crippen LogP contribution in [-0.4, -0.2) is 30.0 Å². The van der Waals surface area contributed by atoms with Crippen LogP contribution in [0.5, 0.6) is 11.5 Å². The molecular formula is C23H23N5O2S. The van der Waals surface area contributed by atoms with Gasteiger partial charge >= 0.3 is 0 Å². The number of nitrogens with one attached hydrogen (secondary N) is 3. The van der Waals surface area contributed by atoms with Crippen molar-refractivity contribution in [1.82, 2.24) is 10.3 Å². The first-order chi connectivity index (χ1) is 15.0. The third kappa shape index (κ3) is 4.78. The van der Waals surface area contributed by atoms with Gasteiger partial charge in [-0.05, 0) is 56.2 Å². The second-order valence-electron chi connectivity index (χ2n) is 7.37. The van der Waals surface area contributed by atoms with E-state index in [9.17, 15) is 5.26 Å². The van der Waals surface area contributed by atoms with Crippen LogP contribution in [0.1, 0.15) is 23.1 Å². The van der Waals surface area contributed by atoms with E-state index in [2.05, 4.69) is 53.0 Å². The quantitative estimate of drug-likeness (QED) is 0.393. The molecule has 2 heterocycles. The molecule has 3 aromatic rings. The Labute approximate surface area is 186 Å². The molecule has 8 heteroatoms. The predicted octanol–water partition coefficient (Wildman–Crippen LogP) is 4.24. The molecule has 0 unspecified atom stereocenters. The molecule has 1 aromatic heterocycles. The van der Waals surface area contributed by atoms with Gasteiger partial charge in [0.1, 0.15) is 11.9 Å². The molecule has 1 aliphatic rings. The van der Waals surface area contributed by atoms with Gasteiger partial charge in [-0.15, -0.1) is 0 Å². The summed E-state index contributed by atoms with van der Waals surface area (Å²) in [6.45, 7) is 5.67. The van der Waals surface area contributed by atoms with Gasteiger partial charge in [0, 0.05) is 30.2 Å². The number of hydrogen-bond donors (Lipinski definition) is 3. The number of nitrogens with zero attached hydrogens (tertiary/aromatic N) is 2. The van der Waals surface area contributed by atoms with E-state index >= 15 is 0 Å². The Hall–Kier alpha value is -3.57. The van der Waals surface area contributed by atoms with Crippen molar-refractivity contribution in [2.75, 3.05) is 30.5 Å². The van der Waals surface area contributed by atoms with Gasteiger partial charge in [-0.1, -0.05) is 17.7 Å². The molecule has 0 bridgehead atoms. The van der Waals surface area contributed by atoms with E-state index in [0.717, 1.165) is 28.6 Å². The number of anilines is 2. The lowest BCUT2D eigenvalue weighted by Gasteiger charge is -2.13. The lowest BCUT2D eigenvalue weighted by molar-refractivity contribution is 0.174. The maximum Gasteiger partial charge on any atom is 0.231 e. The summed E-state index contributed by atoms with van der Waals surface area (Å²) in [5, 5.41) is 20.6. The Morgan fingerprint density at radius 1 is 1.13 bits per heavy atom. The van der Waals surface area contributed by atoms with Crippen LogP contribution in [0.25, 0.3) is 10.9 Å². The van der Waals surface area contributed by atoms with Crippen molar-refractivity contribution in [3.8, 4) is 17.6 Å². The fourth-order valence-electron chi connectivity index (χ4n) is 3.40. The predicted molar refractivity (Wildman–Crippen MR) is 126 cm³/mol. The lowest BCUT2D eigenvalue weighted by atomic mass is 10.1. The zero-order valence-electron chi connectivity index (χ0n) is 17.4. The Balaban J connectivity index is 1.30. The number of benzene rings is 2. The molecule has 3 N–H and O–H groups in total. The molecule has 0 atom stereocenters. The van der Waals surface area contributed by atoms with Crippen molar-refractivity contribution < 1.29 is 9.47 Å². The highest BCUT2D eigenvalue weighted by molar-refractivity contribution is 7.80. The van der Waals surface area contributed by atoms with Crippen LogP contribution in [0.3, 0.4) is 0 Å². The van der Waals surface area contributed by atoms with Gasteiger partial charge in [0.05, 0.1) is 11.1 Å². The van der Waals surface area contributed by atoms with Gasteiger partial charge in [-0.25, -0.2) is 4.98 Å². The topological polar surface area (TPSA) is 91.2 Å². The van der Waals surface area contributed by atoms with Gasteiger partial charge in [0.2, 0.25) is 6.79 Å². The molecular weight excluding hydrogens is 410 g/mol. The van der Waals surface area contributed by atoms with Gasteiger partial charge in [-0.2, -0.15) is 5.26 Å². The van der Waals surface area contributed by atoms with Gasteiger partial charge in [-0.3, -0.25) is 0 Å². The van der Waals surface area contributed by atoms with E-state index in [0.29, 0.717) is 41.1 Å². The maximum atomic E-state index is 9.50. The highest BCUT2D eigenvalue weighted by Crippen LogP contribution is 2.36. The van der Waals surface area contributed by atoms with Crippen molar-refractivity contribution in [3.63, 3.8) is 0 Å². The molecule has 4 rings (SSSR count). The fourth-order valence-corrected chi connectivity index (χ4v) is 3.61. The Morgan fingerprint density at radius 2 is 1.94 bits per heavy atom. The first-order valence-electron chi connectivity index (χ1n) is 10.0. The molecule has 0 saturated carbocycles. The molecule has 0 fully saturated rings. The molecule has 158 valence electrons. The van der Waals surface area contributed by atoms with Crippen LogP contribution in [0, 0.1) is 25.2 Å². The molecule has 0 spiro atoms. The molecule has 0 amide bonds. The van der Waals surface area contributed by atoms with E-state index in [4.69, 9.17) is 21.7 Å². The summed E-state index contributed by atoms with van der Waals surface area (Å²) in [4.78, 5) is 4.60. The van der Waals surface area contributed by atoms with Crippen LogP contribution >= 0.6 is 12.2 Å². The number of thiocarbonyl (C=S) groups is 1. The number of ether oxygens (including phenoxy) is 2. The summed E-state index contributed by atoms with van der Waals surface area (Å²) >= 11 is 5.38. The standard InChI is InChI=1S/C23H23N5O2S/c1-14-4-5-18(15(2)8-14)28-23(31)26-7-3-6-25-22-17(12-24)9-16-10-20-21(30-13-29-20)11-19(16)27-22/h4-5,8-11H,3,6-7,13H2,1-2H3,(H,25,27)(H2,26,28,31). The molecule has 7 nitrogen and oxygen atoms in total. The minimum absolute atomic E-state index is 0.203. The third-order valence-electron chi connectivity index (χ3n) is 4.99. The van der Waals surface area contributed by atoms with Crippen molar-refractivity contribution in [2.45, 2.75) is 20.3 Å². The Bertz CT molecular complexity index is 1190. The molecule has 31 heavy (non-hydrogen) atoms. The smallest absolute Gasteiger partial charge is 0.231 e. The van der Waals surface area contributed by atoms with Crippen LogP contribution in [0.15, 0.2) is 36.4 Å². The molecule has 2 aromatic carbocycles. The third-order valence-corrected chi connectivity index (χ3v) is 5.24. The number of hydrogen-bond acceptors (Lipinski definition) is 6. The van der Waals surface area contributed by atoms with Crippen LogP contribution < -0.4 is 25.4 Å². The first-order valence-corrected chi connectivity index (χ1v) is 10.4. The monoisotopic (exact) mass is 433 g/mol. The minimum Gasteiger partial charge on any atom is -0.454 e. The maximum absolute atomic E-state index is 9.50. The van der Waals surface area contributed by atoms with E-state index in [1.807, 2.05) is 24.3 Å². The van der Waals surface area contributed by atoms with Crippen LogP contribution in [-0.2, 0) is 0 Å². The Morgan fingerprint density at radius 3 is 2.71 bits per heavy atom. The molecule has 0 saturated heterocycles. The largest absolute Gasteiger partial charge is 0.454 e. The number of fused-ring (bicyclic) bond motifs is 2. The lowest BCUT2D eigenvalue weighted by Crippen LogP contribution is -2.30. The normalized spacial score (nSPS) is 11.8. The zero-order chi connectivity index (χ0) is 21.8. The van der Waals surface area contributed by atoms with Gasteiger partial charge < -0.3 is 25.4 Å². The Kier molecular flexibility index (Phi) is 6.05. The highest BCUT2D eigenvalue weighted by Gasteiger charge is 2.16. The number of aryl methyl sites for hydroxylation is 2. The number of aromatic nitrogens is 1. The molecule has 1 aliphatic heterocycles. The second kappa shape index (κ2) is 9.06. The fraction of sp³-hybridized carbons (Fsp3) is 0.261. The number of rotatable bonds is 6. The minimum atomic E-state index is 0.203. The SMILES string of the molecule is Cc1ccc(NC(=S)NCCCNc2nc3cc4c(cc3cc2C#N)OCO4)c(C)c1. The second-order valence-corrected chi connectivity index (χ2v) is 7.78. The highest BCUT2D eigenvalue weighted by atomic mass is 32.1. The van der Waals surface area contributed by atoms with E-state index in [-0.39, 0.29) is 6.79 Å². The number of pyridine rings is 1. The summed E-state index contributed by atoms with van der Waals surface area (Å²) in [5.74, 6) is 1.91. The van der Waals surface area contributed by atoms with Crippen molar-refractivity contribution in [1.29, 1.82) is 5.26 Å². The van der Waals surface area contributed by atoms with E-state index in [1.54, 1.807) is 0 Å². The van der Waals surface area contributed by atoms with Gasteiger partial charge in [0.15, 0.2) is 16.6 Å². The molecule has 0 aliphatic carbocycles. The van der Waals surface area contributed by atoms with Gasteiger partial charge in [0.25, 0.3) is 0 Å². The molecule has 0 radical (unpaired) electrons. The summed E-state index contributed by atoms with van der Waals surface area (Å²) < 4.78 is 10.8. The van der Waals surface area contributed by atoms with Crippen LogP contribution in [0.4, 0.5) is 11.5 Å². The summed E-state index contributed by atoms with van der Waals surface area (Å²) in [7, 11) is 0. The summed E-state index contributed by atoms with van der Waals surface area (Å²) in [6, 6.07) is 13.9. The summed E-state index contributed by atoms with van der Waals surface area (Å²) in [6.07, 6.45) is 0.806. The van der Waals surface area contributed by atoms with Crippen LogP contribution in [0.2, 0.25) is 0 Å².